The Morgan fingerprint density at radius 2 is 2.00 bits per heavy atom. The van der Waals surface area contributed by atoms with Gasteiger partial charge >= 0.3 is 0 Å². The third-order valence-electron chi connectivity index (χ3n) is 3.92. The van der Waals surface area contributed by atoms with Gasteiger partial charge in [0, 0.05) is 43.2 Å². The van der Waals surface area contributed by atoms with Crippen molar-refractivity contribution in [3.05, 3.63) is 58.4 Å². The predicted octanol–water partition coefficient (Wildman–Crippen LogP) is 2.86. The van der Waals surface area contributed by atoms with Gasteiger partial charge in [-0.2, -0.15) is 9.41 Å². The van der Waals surface area contributed by atoms with Gasteiger partial charge in [-0.1, -0.05) is 19.9 Å². The van der Waals surface area contributed by atoms with E-state index in [4.69, 9.17) is 0 Å². The van der Waals surface area contributed by atoms with E-state index in [1.54, 1.807) is 39.2 Å². The molecule has 0 aliphatic rings. The number of hydrogen-bond acceptors (Lipinski definition) is 7. The Kier molecular flexibility index (Phi) is 6.59. The number of hydrazone groups is 1. The van der Waals surface area contributed by atoms with E-state index < -0.39 is 14.9 Å². The van der Waals surface area contributed by atoms with Gasteiger partial charge in [0.25, 0.3) is 5.69 Å². The van der Waals surface area contributed by atoms with Crippen LogP contribution in [0, 0.1) is 10.1 Å². The molecule has 2 rings (SSSR count). The Morgan fingerprint density at radius 3 is 2.56 bits per heavy atom. The Bertz CT molecular complexity index is 941. The molecule has 2 aromatic rings. The minimum absolute atomic E-state index is 0.163. The molecule has 0 bridgehead atoms. The maximum Gasteiger partial charge on any atom is 0.270 e. The minimum Gasteiger partial charge on any atom is -0.277 e. The number of non-ortho nitro benzene ring substituents is 1. The minimum atomic E-state index is -3.92. The number of pyridine rings is 1. The third kappa shape index (κ3) is 4.66. The first-order valence-electron chi connectivity index (χ1n) is 8.30. The van der Waals surface area contributed by atoms with E-state index >= 15 is 0 Å². The largest absolute Gasteiger partial charge is 0.277 e. The van der Waals surface area contributed by atoms with Gasteiger partial charge in [0.1, 0.15) is 4.90 Å². The molecule has 0 fully saturated rings. The first-order valence-corrected chi connectivity index (χ1v) is 9.74. The van der Waals surface area contributed by atoms with Crippen LogP contribution in [0.15, 0.2) is 52.7 Å². The molecular weight excluding hydrogens is 370 g/mol. The molecule has 1 aromatic heterocycles. The number of anilines is 1. The van der Waals surface area contributed by atoms with Crippen molar-refractivity contribution in [1.29, 1.82) is 0 Å². The molecule has 10 heteroatoms. The molecule has 0 unspecified atom stereocenters. The number of benzene rings is 1. The Balaban J connectivity index is 2.49. The third-order valence-corrected chi connectivity index (χ3v) is 6.01. The van der Waals surface area contributed by atoms with Crippen LogP contribution in [0.5, 0.6) is 0 Å². The highest BCUT2D eigenvalue weighted by Crippen LogP contribution is 2.29. The molecule has 1 N–H and O–H groups in total. The zero-order valence-electron chi connectivity index (χ0n) is 15.3. The van der Waals surface area contributed by atoms with Crippen molar-refractivity contribution < 1.29 is 13.3 Å². The molecule has 0 aliphatic heterocycles. The second-order valence-electron chi connectivity index (χ2n) is 5.58. The van der Waals surface area contributed by atoms with Crippen molar-refractivity contribution in [3.63, 3.8) is 0 Å². The van der Waals surface area contributed by atoms with Crippen LogP contribution in [0.4, 0.5) is 11.4 Å². The van der Waals surface area contributed by atoms with Crippen molar-refractivity contribution in [3.8, 4) is 0 Å². The lowest BCUT2D eigenvalue weighted by atomic mass is 10.2. The number of rotatable bonds is 8. The topological polar surface area (TPSA) is 118 Å². The standard InChI is InChI=1S/C17H21N5O4S/c1-4-21(5-2)27(25,26)17-11-15(22(23)24)8-9-16(17)20-19-13(3)14-7-6-10-18-12-14/h6-12,20H,4-5H2,1-3H3/b19-13-. The van der Waals surface area contributed by atoms with Gasteiger partial charge in [0.2, 0.25) is 10.0 Å². The Labute approximate surface area is 157 Å². The van der Waals surface area contributed by atoms with Crippen LogP contribution in [-0.2, 0) is 10.0 Å². The molecule has 1 aromatic carbocycles. The summed E-state index contributed by atoms with van der Waals surface area (Å²) in [7, 11) is -3.92. The van der Waals surface area contributed by atoms with Crippen LogP contribution in [0.2, 0.25) is 0 Å². The van der Waals surface area contributed by atoms with Gasteiger partial charge < -0.3 is 0 Å². The Hall–Kier alpha value is -2.85. The summed E-state index contributed by atoms with van der Waals surface area (Å²) in [6.45, 7) is 5.65. The lowest BCUT2D eigenvalue weighted by Gasteiger charge is -2.20. The van der Waals surface area contributed by atoms with E-state index in [1.165, 1.54) is 16.4 Å². The lowest BCUT2D eigenvalue weighted by molar-refractivity contribution is -0.385. The van der Waals surface area contributed by atoms with Crippen LogP contribution >= 0.6 is 0 Å². The summed E-state index contributed by atoms with van der Waals surface area (Å²) in [5.74, 6) is 0. The second kappa shape index (κ2) is 8.69. The summed E-state index contributed by atoms with van der Waals surface area (Å²) in [6, 6.07) is 7.20. The maximum absolute atomic E-state index is 12.9. The SMILES string of the molecule is CCN(CC)S(=O)(=O)c1cc([N+](=O)[O-])ccc1N/N=C(/C)c1cccnc1. The van der Waals surface area contributed by atoms with Gasteiger partial charge in [-0.05, 0) is 19.1 Å². The number of nitro benzene ring substituents is 1. The first kappa shape index (κ1) is 20.5. The average Bonchev–Trinajstić information content (AvgIpc) is 2.67. The number of hydrogen-bond donors (Lipinski definition) is 1. The fourth-order valence-electron chi connectivity index (χ4n) is 2.42. The molecule has 0 aliphatic carbocycles. The summed E-state index contributed by atoms with van der Waals surface area (Å²) in [5.41, 5.74) is 3.93. The normalized spacial score (nSPS) is 12.2. The molecule has 27 heavy (non-hydrogen) atoms. The lowest BCUT2D eigenvalue weighted by Crippen LogP contribution is -2.31. The highest BCUT2D eigenvalue weighted by molar-refractivity contribution is 7.89. The highest BCUT2D eigenvalue weighted by atomic mass is 32.2. The second-order valence-corrected chi connectivity index (χ2v) is 7.48. The van der Waals surface area contributed by atoms with Gasteiger partial charge in [0.15, 0.2) is 0 Å². The monoisotopic (exact) mass is 391 g/mol. The van der Waals surface area contributed by atoms with Gasteiger partial charge in [-0.15, -0.1) is 0 Å². The summed E-state index contributed by atoms with van der Waals surface area (Å²) < 4.78 is 27.1. The number of sulfonamides is 1. The van der Waals surface area contributed by atoms with Crippen LogP contribution in [-0.4, -0.2) is 41.4 Å². The summed E-state index contributed by atoms with van der Waals surface area (Å²) in [4.78, 5) is 14.3. The molecule has 9 nitrogen and oxygen atoms in total. The van der Waals surface area contributed by atoms with Crippen LogP contribution in [0.1, 0.15) is 26.3 Å². The zero-order chi connectivity index (χ0) is 20.0. The summed E-state index contributed by atoms with van der Waals surface area (Å²) in [6.07, 6.45) is 3.26. The van der Waals surface area contributed by atoms with E-state index in [1.807, 2.05) is 6.07 Å². The summed E-state index contributed by atoms with van der Waals surface area (Å²) >= 11 is 0. The molecule has 0 radical (unpaired) electrons. The number of nitrogens with one attached hydrogen (secondary N) is 1. The van der Waals surface area contributed by atoms with Gasteiger partial charge in [-0.3, -0.25) is 20.5 Å². The molecule has 0 atom stereocenters. The smallest absolute Gasteiger partial charge is 0.270 e. The van der Waals surface area contributed by atoms with Crippen molar-refractivity contribution in [1.82, 2.24) is 9.29 Å². The van der Waals surface area contributed by atoms with E-state index in [0.29, 0.717) is 5.71 Å². The predicted molar refractivity (Wildman–Crippen MR) is 103 cm³/mol. The maximum atomic E-state index is 12.9. The van der Waals surface area contributed by atoms with E-state index in [0.717, 1.165) is 11.6 Å². The number of aromatic nitrogens is 1. The average molecular weight is 391 g/mol. The van der Waals surface area contributed by atoms with Crippen LogP contribution in [0.25, 0.3) is 0 Å². The number of nitrogens with zero attached hydrogens (tertiary/aromatic N) is 4. The first-order chi connectivity index (χ1) is 12.8. The summed E-state index contributed by atoms with van der Waals surface area (Å²) in [5, 5.41) is 15.3. The zero-order valence-corrected chi connectivity index (χ0v) is 16.1. The van der Waals surface area contributed by atoms with E-state index in [9.17, 15) is 18.5 Å². The fourth-order valence-corrected chi connectivity index (χ4v) is 4.04. The molecule has 0 amide bonds. The van der Waals surface area contributed by atoms with Gasteiger partial charge in [-0.25, -0.2) is 8.42 Å². The quantitative estimate of drug-likeness (QED) is 0.420. The Morgan fingerprint density at radius 1 is 1.30 bits per heavy atom. The van der Waals surface area contributed by atoms with E-state index in [2.05, 4.69) is 15.5 Å². The number of nitro groups is 1. The molecular formula is C17H21N5O4S. The molecule has 0 spiro atoms. The van der Waals surface area contributed by atoms with E-state index in [-0.39, 0.29) is 29.4 Å². The van der Waals surface area contributed by atoms with Gasteiger partial charge in [0.05, 0.1) is 16.3 Å². The van der Waals surface area contributed by atoms with Crippen molar-refractivity contribution in [2.24, 2.45) is 5.10 Å². The van der Waals surface area contributed by atoms with Crippen molar-refractivity contribution >= 4 is 27.1 Å². The molecule has 144 valence electrons. The molecule has 0 saturated carbocycles. The molecule has 0 saturated heterocycles. The van der Waals surface area contributed by atoms with Crippen LogP contribution in [0.3, 0.4) is 0 Å². The van der Waals surface area contributed by atoms with Crippen LogP contribution < -0.4 is 5.43 Å². The van der Waals surface area contributed by atoms with Crippen molar-refractivity contribution in [2.75, 3.05) is 18.5 Å². The fraction of sp³-hybridized carbons (Fsp3) is 0.294. The van der Waals surface area contributed by atoms with Crippen molar-refractivity contribution in [2.45, 2.75) is 25.7 Å². The highest BCUT2D eigenvalue weighted by Gasteiger charge is 2.27. The molecule has 1 heterocycles.